The van der Waals surface area contributed by atoms with E-state index in [-0.39, 0.29) is 49.9 Å². The second-order valence-electron chi connectivity index (χ2n) is 9.48. The summed E-state index contributed by atoms with van der Waals surface area (Å²) in [6, 6.07) is 13.3. The zero-order valence-electron chi connectivity index (χ0n) is 22.4. The van der Waals surface area contributed by atoms with Gasteiger partial charge in [-0.1, -0.05) is 30.3 Å². The Hall–Kier alpha value is -3.68. The van der Waals surface area contributed by atoms with E-state index in [2.05, 4.69) is 5.32 Å². The van der Waals surface area contributed by atoms with E-state index in [9.17, 15) is 24.6 Å². The maximum atomic E-state index is 13.8. The van der Waals surface area contributed by atoms with Crippen LogP contribution in [0.25, 0.3) is 0 Å². The van der Waals surface area contributed by atoms with Crippen LogP contribution in [0.4, 0.5) is 0 Å². The lowest BCUT2D eigenvalue weighted by molar-refractivity contribution is -0.138. The fourth-order valence-corrected chi connectivity index (χ4v) is 5.43. The second-order valence-corrected chi connectivity index (χ2v) is 10.6. The lowest BCUT2D eigenvalue weighted by Gasteiger charge is -2.40. The summed E-state index contributed by atoms with van der Waals surface area (Å²) >= 11 is 2.01. The van der Waals surface area contributed by atoms with Gasteiger partial charge in [-0.25, -0.2) is 0 Å². The van der Waals surface area contributed by atoms with Gasteiger partial charge in [0.25, 0.3) is 0 Å². The molecule has 216 valence electrons. The number of methoxy groups -OCH3 is 1. The molecule has 0 saturated heterocycles. The van der Waals surface area contributed by atoms with Crippen LogP contribution in [0.5, 0.6) is 11.5 Å². The standard InChI is InChI=1S/C30H31IN2O8/c1-39-26-12-21(17-35)11-23(31)29(26)41-25-15-22(30(38)32-8-9-34)14-24(28(25)37)33(16-20-7-10-40-18-20)27(36)13-19-5-3-2-4-6-19/h2-7,10-12,15,17-18,24-25,28,34,37H,8-9,13-14,16H2,1H3,(H,32,38)/t24-,25+,28+/m1/s1. The Morgan fingerprint density at radius 1 is 1.20 bits per heavy atom. The number of aldehydes is 1. The third kappa shape index (κ3) is 7.54. The van der Waals surface area contributed by atoms with Crippen LogP contribution in [0.2, 0.25) is 0 Å². The van der Waals surface area contributed by atoms with Crippen molar-refractivity contribution in [2.75, 3.05) is 20.3 Å². The van der Waals surface area contributed by atoms with E-state index in [0.717, 1.165) is 11.1 Å². The minimum Gasteiger partial charge on any atom is -0.493 e. The fourth-order valence-electron chi connectivity index (χ4n) is 4.68. The van der Waals surface area contributed by atoms with Gasteiger partial charge >= 0.3 is 0 Å². The molecule has 3 atom stereocenters. The van der Waals surface area contributed by atoms with Crippen molar-refractivity contribution in [2.45, 2.75) is 37.6 Å². The Balaban J connectivity index is 1.72. The molecule has 1 aromatic heterocycles. The molecule has 1 heterocycles. The van der Waals surface area contributed by atoms with E-state index >= 15 is 0 Å². The van der Waals surface area contributed by atoms with Gasteiger partial charge in [0.05, 0.1) is 42.3 Å². The van der Waals surface area contributed by atoms with Gasteiger partial charge in [0.15, 0.2) is 11.5 Å². The highest BCUT2D eigenvalue weighted by molar-refractivity contribution is 14.1. The van der Waals surface area contributed by atoms with Gasteiger partial charge in [0.2, 0.25) is 11.8 Å². The number of carbonyl (C=O) groups is 3. The van der Waals surface area contributed by atoms with Crippen molar-refractivity contribution in [1.29, 1.82) is 0 Å². The van der Waals surface area contributed by atoms with E-state index in [1.54, 1.807) is 17.0 Å². The summed E-state index contributed by atoms with van der Waals surface area (Å²) in [7, 11) is 1.44. The predicted molar refractivity (Wildman–Crippen MR) is 158 cm³/mol. The molecular weight excluding hydrogens is 643 g/mol. The first-order valence-electron chi connectivity index (χ1n) is 13.0. The normalized spacial score (nSPS) is 18.2. The van der Waals surface area contributed by atoms with Crippen LogP contribution in [0.1, 0.15) is 27.9 Å². The van der Waals surface area contributed by atoms with Crippen LogP contribution < -0.4 is 14.8 Å². The van der Waals surface area contributed by atoms with Crippen molar-refractivity contribution in [3.8, 4) is 11.5 Å². The second kappa shape index (κ2) is 14.3. The Morgan fingerprint density at radius 2 is 1.98 bits per heavy atom. The smallest absolute Gasteiger partial charge is 0.247 e. The highest BCUT2D eigenvalue weighted by Gasteiger charge is 2.41. The van der Waals surface area contributed by atoms with Crippen LogP contribution in [-0.4, -0.2) is 71.7 Å². The van der Waals surface area contributed by atoms with Gasteiger partial charge in [0.1, 0.15) is 18.5 Å². The van der Waals surface area contributed by atoms with Gasteiger partial charge in [-0.2, -0.15) is 0 Å². The average Bonchev–Trinajstić information content (AvgIpc) is 3.50. The summed E-state index contributed by atoms with van der Waals surface area (Å²) in [4.78, 5) is 39.7. The van der Waals surface area contributed by atoms with Gasteiger partial charge < -0.3 is 34.3 Å². The van der Waals surface area contributed by atoms with Crippen molar-refractivity contribution in [3.05, 3.63) is 93.0 Å². The molecule has 0 saturated carbocycles. The third-order valence-corrected chi connectivity index (χ3v) is 7.51. The minimum absolute atomic E-state index is 0.0411. The summed E-state index contributed by atoms with van der Waals surface area (Å²) in [5, 5.41) is 23.6. The Morgan fingerprint density at radius 3 is 2.63 bits per heavy atom. The highest BCUT2D eigenvalue weighted by Crippen LogP contribution is 2.37. The number of amides is 2. The first-order chi connectivity index (χ1) is 19.8. The Kier molecular flexibility index (Phi) is 10.6. The maximum absolute atomic E-state index is 13.8. The lowest BCUT2D eigenvalue weighted by atomic mass is 9.87. The SMILES string of the molecule is COc1cc(C=O)cc(I)c1O[C@H]1C=C(C(=O)NCCO)C[C@@H](N(Cc2ccoc2)C(=O)Cc2ccccc2)[C@@H]1O. The number of hydrogen-bond acceptors (Lipinski definition) is 8. The van der Waals surface area contributed by atoms with Crippen molar-refractivity contribution < 1.29 is 38.5 Å². The molecule has 11 heteroatoms. The number of furan rings is 1. The zero-order chi connectivity index (χ0) is 29.4. The zero-order valence-corrected chi connectivity index (χ0v) is 24.5. The largest absolute Gasteiger partial charge is 0.493 e. The quantitative estimate of drug-likeness (QED) is 0.197. The topological polar surface area (TPSA) is 139 Å². The molecule has 0 fully saturated rings. The first-order valence-corrected chi connectivity index (χ1v) is 14.0. The van der Waals surface area contributed by atoms with E-state index in [0.29, 0.717) is 21.0 Å². The third-order valence-electron chi connectivity index (χ3n) is 6.71. The molecule has 3 N–H and O–H groups in total. The molecule has 1 aliphatic carbocycles. The first kappa shape index (κ1) is 30.3. The van der Waals surface area contributed by atoms with E-state index in [1.807, 2.05) is 52.9 Å². The Labute approximate surface area is 251 Å². The number of nitrogens with zero attached hydrogens (tertiary/aromatic N) is 1. The number of nitrogens with one attached hydrogen (secondary N) is 1. The monoisotopic (exact) mass is 674 g/mol. The van der Waals surface area contributed by atoms with Crippen LogP contribution >= 0.6 is 22.6 Å². The van der Waals surface area contributed by atoms with Gasteiger partial charge in [-0.3, -0.25) is 14.4 Å². The number of benzene rings is 2. The molecule has 10 nitrogen and oxygen atoms in total. The molecule has 0 unspecified atom stereocenters. The van der Waals surface area contributed by atoms with Crippen LogP contribution in [0.15, 0.2) is 77.1 Å². The fraction of sp³-hybridized carbons (Fsp3) is 0.300. The highest BCUT2D eigenvalue weighted by atomic mass is 127. The predicted octanol–water partition coefficient (Wildman–Crippen LogP) is 2.89. The van der Waals surface area contributed by atoms with Crippen LogP contribution in [0, 0.1) is 3.57 Å². The lowest BCUT2D eigenvalue weighted by Crippen LogP contribution is -2.55. The molecular formula is C30H31IN2O8. The number of hydrogen-bond donors (Lipinski definition) is 3. The summed E-state index contributed by atoms with van der Waals surface area (Å²) in [6.45, 7) is -0.0673. The minimum atomic E-state index is -1.23. The van der Waals surface area contributed by atoms with Crippen LogP contribution in [-0.2, 0) is 22.6 Å². The summed E-state index contributed by atoms with van der Waals surface area (Å²) in [5.41, 5.74) is 2.21. The van der Waals surface area contributed by atoms with E-state index in [1.165, 1.54) is 31.8 Å². The molecule has 1 aliphatic rings. The number of carbonyl (C=O) groups excluding carboxylic acids is 3. The van der Waals surface area contributed by atoms with Crippen molar-refractivity contribution in [2.24, 2.45) is 0 Å². The van der Waals surface area contributed by atoms with Gasteiger partial charge in [-0.05, 0) is 52.4 Å². The molecule has 41 heavy (non-hydrogen) atoms. The molecule has 0 bridgehead atoms. The van der Waals surface area contributed by atoms with Crippen molar-refractivity contribution in [3.63, 3.8) is 0 Å². The molecule has 3 aromatic rings. The molecule has 4 rings (SSSR count). The van der Waals surface area contributed by atoms with E-state index < -0.39 is 24.2 Å². The van der Waals surface area contributed by atoms with Crippen molar-refractivity contribution >= 4 is 40.7 Å². The number of aliphatic hydroxyl groups excluding tert-OH is 2. The van der Waals surface area contributed by atoms with Gasteiger partial charge in [0, 0.05) is 36.2 Å². The summed E-state index contributed by atoms with van der Waals surface area (Å²) in [6.07, 6.45) is 3.09. The maximum Gasteiger partial charge on any atom is 0.247 e. The number of aliphatic hydroxyl groups is 2. The molecule has 0 aliphatic heterocycles. The number of ether oxygens (including phenoxy) is 2. The number of rotatable bonds is 12. The van der Waals surface area contributed by atoms with E-state index in [4.69, 9.17) is 13.9 Å². The van der Waals surface area contributed by atoms with Gasteiger partial charge in [-0.15, -0.1) is 0 Å². The number of halogens is 1. The van der Waals surface area contributed by atoms with Crippen LogP contribution in [0.3, 0.4) is 0 Å². The summed E-state index contributed by atoms with van der Waals surface area (Å²) in [5.74, 6) is -0.129. The van der Waals surface area contributed by atoms with Crippen molar-refractivity contribution in [1.82, 2.24) is 10.2 Å². The Bertz CT molecular complexity index is 1380. The summed E-state index contributed by atoms with van der Waals surface area (Å²) < 4.78 is 17.5. The average molecular weight is 674 g/mol. The molecule has 0 radical (unpaired) electrons. The molecule has 0 spiro atoms. The molecule has 2 aromatic carbocycles. The molecule has 2 amide bonds.